The molecule has 1 aromatic heterocycles. The lowest BCUT2D eigenvalue weighted by Crippen LogP contribution is -2.32. The minimum atomic E-state index is -0.432. The van der Waals surface area contributed by atoms with Gasteiger partial charge in [-0.2, -0.15) is 0 Å². The molecular weight excluding hydrogens is 368 g/mol. The SMILES string of the molecule is OCCCc1ccc(CCc2coc3cccc(O[C@H]4C[C@@H](O)CCO4)c23)cc1. The maximum absolute atomic E-state index is 9.87. The normalized spacial score (nSPS) is 19.5. The van der Waals surface area contributed by atoms with Crippen LogP contribution in [0.2, 0.25) is 0 Å². The maximum Gasteiger partial charge on any atom is 0.202 e. The summed E-state index contributed by atoms with van der Waals surface area (Å²) >= 11 is 0. The summed E-state index contributed by atoms with van der Waals surface area (Å²) in [4.78, 5) is 0. The topological polar surface area (TPSA) is 72.1 Å². The zero-order chi connectivity index (χ0) is 20.1. The van der Waals surface area contributed by atoms with Gasteiger partial charge in [0.05, 0.1) is 24.4 Å². The molecule has 1 aliphatic heterocycles. The fourth-order valence-electron chi connectivity index (χ4n) is 3.80. The van der Waals surface area contributed by atoms with E-state index in [9.17, 15) is 5.11 Å². The number of benzene rings is 2. The van der Waals surface area contributed by atoms with E-state index < -0.39 is 6.29 Å². The van der Waals surface area contributed by atoms with Crippen LogP contribution < -0.4 is 4.74 Å². The standard InChI is InChI=1S/C24H28O5/c25-13-2-3-17-6-8-18(9-7-17)10-11-19-16-28-21-4-1-5-22(24(19)21)29-23-15-20(26)12-14-27-23/h1,4-9,16,20,23,25-26H,2-3,10-15H2/t20-,23-/m0/s1. The van der Waals surface area contributed by atoms with Crippen LogP contribution in [0.4, 0.5) is 0 Å². The van der Waals surface area contributed by atoms with E-state index in [4.69, 9.17) is 19.0 Å². The Morgan fingerprint density at radius 2 is 1.79 bits per heavy atom. The third-order valence-corrected chi connectivity index (χ3v) is 5.44. The van der Waals surface area contributed by atoms with Crippen molar-refractivity contribution in [3.05, 3.63) is 65.4 Å². The lowest BCUT2D eigenvalue weighted by atomic mass is 10.0. The Morgan fingerprint density at radius 1 is 1.00 bits per heavy atom. The monoisotopic (exact) mass is 396 g/mol. The van der Waals surface area contributed by atoms with E-state index in [-0.39, 0.29) is 12.7 Å². The Labute approximate surface area is 170 Å². The molecule has 0 bridgehead atoms. The van der Waals surface area contributed by atoms with Gasteiger partial charge in [-0.15, -0.1) is 0 Å². The van der Waals surface area contributed by atoms with E-state index in [1.54, 1.807) is 0 Å². The van der Waals surface area contributed by atoms with Crippen LogP contribution in [-0.4, -0.2) is 35.8 Å². The molecule has 2 N–H and O–H groups in total. The predicted octanol–water partition coefficient (Wildman–Crippen LogP) is 4.02. The first-order valence-electron chi connectivity index (χ1n) is 10.4. The molecule has 2 atom stereocenters. The van der Waals surface area contributed by atoms with Crippen molar-refractivity contribution in [2.75, 3.05) is 13.2 Å². The number of fused-ring (bicyclic) bond motifs is 1. The highest BCUT2D eigenvalue weighted by Gasteiger charge is 2.23. The van der Waals surface area contributed by atoms with E-state index in [1.165, 1.54) is 11.1 Å². The van der Waals surface area contributed by atoms with Gasteiger partial charge < -0.3 is 24.1 Å². The summed E-state index contributed by atoms with van der Waals surface area (Å²) < 4.78 is 17.5. The van der Waals surface area contributed by atoms with Gasteiger partial charge in [0.1, 0.15) is 11.3 Å². The van der Waals surface area contributed by atoms with Crippen molar-refractivity contribution >= 4 is 11.0 Å². The van der Waals surface area contributed by atoms with Crippen LogP contribution in [0.15, 0.2) is 53.1 Å². The molecular formula is C24H28O5. The lowest BCUT2D eigenvalue weighted by molar-refractivity contribution is -0.136. The molecule has 1 aliphatic rings. The zero-order valence-electron chi connectivity index (χ0n) is 16.5. The van der Waals surface area contributed by atoms with Gasteiger partial charge in [0.2, 0.25) is 6.29 Å². The highest BCUT2D eigenvalue weighted by molar-refractivity contribution is 5.87. The molecule has 29 heavy (non-hydrogen) atoms. The van der Waals surface area contributed by atoms with E-state index in [2.05, 4.69) is 24.3 Å². The number of aliphatic hydroxyl groups excluding tert-OH is 2. The average molecular weight is 396 g/mol. The summed E-state index contributed by atoms with van der Waals surface area (Å²) in [5.74, 6) is 0.740. The Morgan fingerprint density at radius 3 is 2.55 bits per heavy atom. The number of furan rings is 1. The summed E-state index contributed by atoms with van der Waals surface area (Å²) in [5, 5.41) is 19.8. The number of rotatable bonds is 8. The van der Waals surface area contributed by atoms with Gasteiger partial charge in [-0.1, -0.05) is 30.3 Å². The highest BCUT2D eigenvalue weighted by Crippen LogP contribution is 2.33. The van der Waals surface area contributed by atoms with Crippen molar-refractivity contribution < 1.29 is 24.1 Å². The van der Waals surface area contributed by atoms with E-state index >= 15 is 0 Å². The molecule has 3 aromatic rings. The summed E-state index contributed by atoms with van der Waals surface area (Å²) in [6.07, 6.45) is 5.58. The van der Waals surface area contributed by atoms with Crippen molar-refractivity contribution in [2.45, 2.75) is 50.9 Å². The number of aliphatic hydroxyl groups is 2. The number of ether oxygens (including phenoxy) is 2. The van der Waals surface area contributed by atoms with Crippen LogP contribution in [0.25, 0.3) is 11.0 Å². The molecule has 1 fully saturated rings. The van der Waals surface area contributed by atoms with Crippen molar-refractivity contribution in [3.63, 3.8) is 0 Å². The minimum absolute atomic E-state index is 0.227. The molecule has 154 valence electrons. The molecule has 0 spiro atoms. The van der Waals surface area contributed by atoms with Crippen molar-refractivity contribution in [3.8, 4) is 5.75 Å². The van der Waals surface area contributed by atoms with Gasteiger partial charge in [0, 0.05) is 18.6 Å². The second kappa shape index (κ2) is 9.44. The summed E-state index contributed by atoms with van der Waals surface area (Å²) in [6, 6.07) is 14.4. The number of aryl methyl sites for hydroxylation is 3. The first-order valence-corrected chi connectivity index (χ1v) is 10.4. The zero-order valence-corrected chi connectivity index (χ0v) is 16.5. The van der Waals surface area contributed by atoms with Crippen LogP contribution in [0, 0.1) is 0 Å². The van der Waals surface area contributed by atoms with Gasteiger partial charge in [-0.3, -0.25) is 0 Å². The molecule has 1 saturated heterocycles. The summed E-state index contributed by atoms with van der Waals surface area (Å²) in [7, 11) is 0. The van der Waals surface area contributed by atoms with E-state index in [0.29, 0.717) is 19.4 Å². The summed E-state index contributed by atoms with van der Waals surface area (Å²) in [5.41, 5.74) is 4.43. The van der Waals surface area contributed by atoms with Crippen LogP contribution in [0.1, 0.15) is 36.0 Å². The number of hydrogen-bond acceptors (Lipinski definition) is 5. The van der Waals surface area contributed by atoms with Gasteiger partial charge in [-0.05, 0) is 55.4 Å². The fraction of sp³-hybridized carbons (Fsp3) is 0.417. The van der Waals surface area contributed by atoms with E-state index in [0.717, 1.165) is 48.0 Å². The third kappa shape index (κ3) is 4.99. The Bertz CT molecular complexity index is 915. The lowest BCUT2D eigenvalue weighted by Gasteiger charge is -2.27. The van der Waals surface area contributed by atoms with Gasteiger partial charge in [-0.25, -0.2) is 0 Å². The molecule has 0 saturated carbocycles. The Balaban J connectivity index is 1.46. The second-order valence-corrected chi connectivity index (χ2v) is 7.63. The van der Waals surface area contributed by atoms with Gasteiger partial charge >= 0.3 is 0 Å². The largest absolute Gasteiger partial charge is 0.464 e. The Kier molecular flexibility index (Phi) is 6.49. The molecule has 2 aromatic carbocycles. The molecule has 5 heteroatoms. The van der Waals surface area contributed by atoms with Crippen LogP contribution in [-0.2, 0) is 24.0 Å². The van der Waals surface area contributed by atoms with Crippen LogP contribution >= 0.6 is 0 Å². The van der Waals surface area contributed by atoms with Gasteiger partial charge in [0.15, 0.2) is 0 Å². The molecule has 0 amide bonds. The van der Waals surface area contributed by atoms with Crippen LogP contribution in [0.3, 0.4) is 0 Å². The first kappa shape index (κ1) is 20.0. The van der Waals surface area contributed by atoms with E-state index in [1.807, 2.05) is 24.5 Å². The molecule has 0 aliphatic carbocycles. The van der Waals surface area contributed by atoms with Crippen molar-refractivity contribution in [2.24, 2.45) is 0 Å². The smallest absolute Gasteiger partial charge is 0.202 e. The molecule has 2 heterocycles. The van der Waals surface area contributed by atoms with Crippen LogP contribution in [0.5, 0.6) is 5.75 Å². The molecule has 0 radical (unpaired) electrons. The number of hydrogen-bond donors (Lipinski definition) is 2. The minimum Gasteiger partial charge on any atom is -0.464 e. The fourth-order valence-corrected chi connectivity index (χ4v) is 3.80. The molecule has 5 nitrogen and oxygen atoms in total. The maximum atomic E-state index is 9.87. The Hall–Kier alpha value is -2.34. The average Bonchev–Trinajstić information content (AvgIpc) is 3.16. The summed E-state index contributed by atoms with van der Waals surface area (Å²) in [6.45, 7) is 0.735. The highest BCUT2D eigenvalue weighted by atomic mass is 16.7. The second-order valence-electron chi connectivity index (χ2n) is 7.63. The van der Waals surface area contributed by atoms with Crippen molar-refractivity contribution in [1.29, 1.82) is 0 Å². The van der Waals surface area contributed by atoms with Crippen molar-refractivity contribution in [1.82, 2.24) is 0 Å². The van der Waals surface area contributed by atoms with Gasteiger partial charge in [0.25, 0.3) is 0 Å². The molecule has 4 rings (SSSR count). The first-order chi connectivity index (χ1) is 14.2. The quantitative estimate of drug-likeness (QED) is 0.602. The third-order valence-electron chi connectivity index (χ3n) is 5.44. The molecule has 0 unspecified atom stereocenters. The predicted molar refractivity (Wildman–Crippen MR) is 111 cm³/mol.